The first-order chi connectivity index (χ1) is 8.99. The van der Waals surface area contributed by atoms with Crippen LogP contribution >= 0.6 is 11.6 Å². The molecule has 0 radical (unpaired) electrons. The van der Waals surface area contributed by atoms with Gasteiger partial charge < -0.3 is 5.32 Å². The lowest BCUT2D eigenvalue weighted by molar-refractivity contribution is 0.234. The van der Waals surface area contributed by atoms with E-state index in [-0.39, 0.29) is 0 Å². The summed E-state index contributed by atoms with van der Waals surface area (Å²) in [4.78, 5) is 2.40. The van der Waals surface area contributed by atoms with E-state index in [1.807, 2.05) is 12.1 Å². The monoisotopic (exact) mass is 282 g/mol. The van der Waals surface area contributed by atoms with Crippen molar-refractivity contribution in [2.45, 2.75) is 52.2 Å². The number of halogens is 1. The highest BCUT2D eigenvalue weighted by molar-refractivity contribution is 6.30. The second kappa shape index (κ2) is 8.57. The molecule has 1 aromatic rings. The topological polar surface area (TPSA) is 15.3 Å². The summed E-state index contributed by atoms with van der Waals surface area (Å²) in [6.07, 6.45) is 2.45. The van der Waals surface area contributed by atoms with Gasteiger partial charge in [-0.3, -0.25) is 4.90 Å². The van der Waals surface area contributed by atoms with E-state index in [0.29, 0.717) is 12.1 Å². The molecule has 0 spiro atoms. The Balaban J connectivity index is 2.28. The molecule has 0 saturated carbocycles. The van der Waals surface area contributed by atoms with E-state index in [2.05, 4.69) is 50.2 Å². The van der Waals surface area contributed by atoms with Crippen LogP contribution in [-0.4, -0.2) is 30.6 Å². The molecule has 0 fully saturated rings. The van der Waals surface area contributed by atoms with Crippen molar-refractivity contribution < 1.29 is 0 Å². The van der Waals surface area contributed by atoms with Gasteiger partial charge in [0.15, 0.2) is 0 Å². The summed E-state index contributed by atoms with van der Waals surface area (Å²) in [6, 6.07) is 9.31. The van der Waals surface area contributed by atoms with E-state index in [4.69, 9.17) is 11.6 Å². The third-order valence-electron chi connectivity index (χ3n) is 3.45. The first-order valence-corrected chi connectivity index (χ1v) is 7.55. The largest absolute Gasteiger partial charge is 0.315 e. The quantitative estimate of drug-likeness (QED) is 0.727. The highest BCUT2D eigenvalue weighted by Gasteiger charge is 2.09. The summed E-state index contributed by atoms with van der Waals surface area (Å²) in [7, 11) is 2.19. The molecule has 0 amide bonds. The van der Waals surface area contributed by atoms with Crippen LogP contribution in [0.2, 0.25) is 5.02 Å². The molecule has 2 nitrogen and oxygen atoms in total. The summed E-state index contributed by atoms with van der Waals surface area (Å²) in [6.45, 7) is 8.77. The predicted octanol–water partition coefficient (Wildman–Crippen LogP) is 3.94. The van der Waals surface area contributed by atoms with Crippen molar-refractivity contribution in [3.63, 3.8) is 0 Å². The Morgan fingerprint density at radius 3 is 2.37 bits per heavy atom. The molecule has 1 rings (SSSR count). The summed E-state index contributed by atoms with van der Waals surface area (Å²) in [5, 5.41) is 4.27. The minimum atomic E-state index is 0.585. The zero-order chi connectivity index (χ0) is 14.3. The molecule has 0 saturated heterocycles. The Bertz CT molecular complexity index is 348. The summed E-state index contributed by atoms with van der Waals surface area (Å²) >= 11 is 5.90. The fourth-order valence-electron chi connectivity index (χ4n) is 2.04. The summed E-state index contributed by atoms with van der Waals surface area (Å²) in [5.41, 5.74) is 1.32. The van der Waals surface area contributed by atoms with E-state index in [1.54, 1.807) is 0 Å². The first-order valence-electron chi connectivity index (χ1n) is 7.17. The number of benzene rings is 1. The van der Waals surface area contributed by atoms with E-state index < -0.39 is 0 Å². The molecule has 19 heavy (non-hydrogen) atoms. The molecule has 3 heteroatoms. The smallest absolute Gasteiger partial charge is 0.0406 e. The maximum Gasteiger partial charge on any atom is 0.0406 e. The molecule has 0 aliphatic carbocycles. The predicted molar refractivity (Wildman–Crippen MR) is 84.8 cm³/mol. The minimum absolute atomic E-state index is 0.585. The number of nitrogens with one attached hydrogen (secondary N) is 1. The number of hydrogen-bond donors (Lipinski definition) is 1. The molecule has 1 N–H and O–H groups in total. The van der Waals surface area contributed by atoms with Gasteiger partial charge in [0.05, 0.1) is 0 Å². The second-order valence-electron chi connectivity index (χ2n) is 5.64. The molecule has 0 bridgehead atoms. The van der Waals surface area contributed by atoms with Gasteiger partial charge >= 0.3 is 0 Å². The van der Waals surface area contributed by atoms with E-state index in [9.17, 15) is 0 Å². The maximum atomic E-state index is 5.90. The molecule has 1 atom stereocenters. The van der Waals surface area contributed by atoms with Gasteiger partial charge in [-0.1, -0.05) is 37.6 Å². The molecule has 1 aromatic carbocycles. The van der Waals surface area contributed by atoms with Crippen LogP contribution in [0.15, 0.2) is 24.3 Å². The lowest BCUT2D eigenvalue weighted by atomic mass is 10.1. The molecule has 1 unspecified atom stereocenters. The third-order valence-corrected chi connectivity index (χ3v) is 3.70. The SMILES string of the molecule is CC(C)NCCCC(C)N(C)Cc1ccc(Cl)cc1. The van der Waals surface area contributed by atoms with Crippen molar-refractivity contribution >= 4 is 11.6 Å². The maximum absolute atomic E-state index is 5.90. The van der Waals surface area contributed by atoms with Crippen molar-refractivity contribution in [3.8, 4) is 0 Å². The van der Waals surface area contributed by atoms with E-state index in [0.717, 1.165) is 18.1 Å². The Kier molecular flexibility index (Phi) is 7.44. The standard InChI is InChI=1S/C16H27ClN2/c1-13(2)18-11-5-6-14(3)19(4)12-15-7-9-16(17)10-8-15/h7-10,13-14,18H,5-6,11-12H2,1-4H3. The molecule has 0 aromatic heterocycles. The average molecular weight is 283 g/mol. The van der Waals surface area contributed by atoms with Crippen molar-refractivity contribution in [1.29, 1.82) is 0 Å². The van der Waals surface area contributed by atoms with Gasteiger partial charge in [0.2, 0.25) is 0 Å². The number of rotatable bonds is 8. The molecule has 0 heterocycles. The van der Waals surface area contributed by atoms with Crippen molar-refractivity contribution in [1.82, 2.24) is 10.2 Å². The van der Waals surface area contributed by atoms with Crippen LogP contribution in [0, 0.1) is 0 Å². The Labute approximate surface area is 123 Å². The van der Waals surface area contributed by atoms with Crippen LogP contribution in [-0.2, 0) is 6.54 Å². The van der Waals surface area contributed by atoms with Gasteiger partial charge in [-0.2, -0.15) is 0 Å². The van der Waals surface area contributed by atoms with Crippen LogP contribution in [0.5, 0.6) is 0 Å². The van der Waals surface area contributed by atoms with Gasteiger partial charge in [0.1, 0.15) is 0 Å². The highest BCUT2D eigenvalue weighted by Crippen LogP contribution is 2.13. The zero-order valence-corrected chi connectivity index (χ0v) is 13.4. The van der Waals surface area contributed by atoms with Crippen molar-refractivity contribution in [2.24, 2.45) is 0 Å². The summed E-state index contributed by atoms with van der Waals surface area (Å²) in [5.74, 6) is 0. The fraction of sp³-hybridized carbons (Fsp3) is 0.625. The lowest BCUT2D eigenvalue weighted by Gasteiger charge is -2.25. The molecule has 0 aliphatic rings. The Morgan fingerprint density at radius 1 is 1.16 bits per heavy atom. The lowest BCUT2D eigenvalue weighted by Crippen LogP contribution is -2.30. The van der Waals surface area contributed by atoms with E-state index >= 15 is 0 Å². The average Bonchev–Trinajstić information content (AvgIpc) is 2.36. The number of nitrogens with zero attached hydrogens (tertiary/aromatic N) is 1. The minimum Gasteiger partial charge on any atom is -0.315 e. The first kappa shape index (κ1) is 16.5. The van der Waals surface area contributed by atoms with E-state index in [1.165, 1.54) is 18.4 Å². The van der Waals surface area contributed by atoms with Crippen LogP contribution in [0.1, 0.15) is 39.2 Å². The van der Waals surface area contributed by atoms with Crippen LogP contribution < -0.4 is 5.32 Å². The molecule has 0 aliphatic heterocycles. The van der Waals surface area contributed by atoms with Crippen LogP contribution in [0.4, 0.5) is 0 Å². The second-order valence-corrected chi connectivity index (χ2v) is 6.08. The number of hydrogen-bond acceptors (Lipinski definition) is 2. The fourth-order valence-corrected chi connectivity index (χ4v) is 2.17. The highest BCUT2D eigenvalue weighted by atomic mass is 35.5. The zero-order valence-electron chi connectivity index (χ0n) is 12.6. The van der Waals surface area contributed by atoms with Gasteiger partial charge in [-0.25, -0.2) is 0 Å². The molecule has 108 valence electrons. The van der Waals surface area contributed by atoms with Gasteiger partial charge in [-0.05, 0) is 51.1 Å². The third kappa shape index (κ3) is 6.95. The van der Waals surface area contributed by atoms with Gasteiger partial charge in [0.25, 0.3) is 0 Å². The van der Waals surface area contributed by atoms with Gasteiger partial charge in [0, 0.05) is 23.7 Å². The van der Waals surface area contributed by atoms with Gasteiger partial charge in [-0.15, -0.1) is 0 Å². The van der Waals surface area contributed by atoms with Crippen molar-refractivity contribution in [3.05, 3.63) is 34.9 Å². The summed E-state index contributed by atoms with van der Waals surface area (Å²) < 4.78 is 0. The van der Waals surface area contributed by atoms with Crippen molar-refractivity contribution in [2.75, 3.05) is 13.6 Å². The molecular weight excluding hydrogens is 256 g/mol. The molecular formula is C16H27ClN2. The van der Waals surface area contributed by atoms with Crippen LogP contribution in [0.3, 0.4) is 0 Å². The van der Waals surface area contributed by atoms with Crippen LogP contribution in [0.25, 0.3) is 0 Å². The Hall–Kier alpha value is -0.570. The Morgan fingerprint density at radius 2 is 1.79 bits per heavy atom. The normalized spacial score (nSPS) is 13.2.